The Hall–Kier alpha value is -1.20. The van der Waals surface area contributed by atoms with Gasteiger partial charge in [0.2, 0.25) is 5.88 Å². The zero-order valence-corrected chi connectivity index (χ0v) is 11.3. The molecule has 2 unspecified atom stereocenters. The van der Waals surface area contributed by atoms with Crippen LogP contribution in [0.2, 0.25) is 0 Å². The molecule has 0 spiro atoms. The first-order valence-electron chi connectivity index (χ1n) is 6.68. The van der Waals surface area contributed by atoms with E-state index >= 15 is 0 Å². The number of ether oxygens (including phenoxy) is 1. The molecule has 0 aliphatic carbocycles. The van der Waals surface area contributed by atoms with Crippen molar-refractivity contribution in [1.29, 1.82) is 0 Å². The van der Waals surface area contributed by atoms with E-state index in [-0.39, 0.29) is 0 Å². The highest BCUT2D eigenvalue weighted by molar-refractivity contribution is 5.33. The largest absolute Gasteiger partial charge is 0.481 e. The minimum Gasteiger partial charge on any atom is -0.481 e. The Balaban J connectivity index is 1.99. The van der Waals surface area contributed by atoms with Crippen molar-refractivity contribution in [2.24, 2.45) is 0 Å². The Kier molecular flexibility index (Phi) is 2.98. The Morgan fingerprint density at radius 1 is 1.42 bits per heavy atom. The van der Waals surface area contributed by atoms with Crippen molar-refractivity contribution in [1.82, 2.24) is 9.88 Å². The van der Waals surface area contributed by atoms with Gasteiger partial charge < -0.3 is 14.7 Å². The molecule has 2 saturated heterocycles. The number of hydrogen-bond acceptors (Lipinski definition) is 4. The highest BCUT2D eigenvalue weighted by atomic mass is 19.1. The SMILES string of the molecule is COc1ncc(F)cc1C1(O)CC2CCC(C1)N2C. The molecule has 2 bridgehead atoms. The number of methoxy groups -OCH3 is 1. The van der Waals surface area contributed by atoms with Gasteiger partial charge in [-0.15, -0.1) is 0 Å². The summed E-state index contributed by atoms with van der Waals surface area (Å²) in [6, 6.07) is 2.07. The van der Waals surface area contributed by atoms with Gasteiger partial charge in [0.25, 0.3) is 0 Å². The van der Waals surface area contributed by atoms with Gasteiger partial charge in [0, 0.05) is 17.6 Å². The molecular weight excluding hydrogens is 247 g/mol. The molecule has 2 aliphatic heterocycles. The highest BCUT2D eigenvalue weighted by Crippen LogP contribution is 2.46. The van der Waals surface area contributed by atoms with Gasteiger partial charge >= 0.3 is 0 Å². The average molecular weight is 266 g/mol. The summed E-state index contributed by atoms with van der Waals surface area (Å²) in [6.07, 6.45) is 4.53. The van der Waals surface area contributed by atoms with Crippen LogP contribution in [0.25, 0.3) is 0 Å². The first kappa shape index (κ1) is 12.8. The Morgan fingerprint density at radius 3 is 2.63 bits per heavy atom. The molecule has 0 radical (unpaired) electrons. The molecule has 19 heavy (non-hydrogen) atoms. The van der Waals surface area contributed by atoms with E-state index in [1.165, 1.54) is 13.2 Å². The quantitative estimate of drug-likeness (QED) is 0.884. The van der Waals surface area contributed by atoms with Crippen molar-refractivity contribution in [3.05, 3.63) is 23.6 Å². The summed E-state index contributed by atoms with van der Waals surface area (Å²) in [5.74, 6) is -0.108. The number of aliphatic hydroxyl groups is 1. The third-order valence-corrected chi connectivity index (χ3v) is 4.64. The van der Waals surface area contributed by atoms with Gasteiger partial charge in [-0.2, -0.15) is 0 Å². The smallest absolute Gasteiger partial charge is 0.219 e. The molecule has 1 aromatic heterocycles. The van der Waals surface area contributed by atoms with Gasteiger partial charge in [-0.3, -0.25) is 0 Å². The van der Waals surface area contributed by atoms with Crippen LogP contribution in [0.4, 0.5) is 4.39 Å². The molecule has 3 heterocycles. The summed E-state index contributed by atoms with van der Waals surface area (Å²) in [5, 5.41) is 11.0. The molecule has 4 nitrogen and oxygen atoms in total. The lowest BCUT2D eigenvalue weighted by Crippen LogP contribution is -2.47. The van der Waals surface area contributed by atoms with Crippen LogP contribution in [-0.2, 0) is 5.60 Å². The fourth-order valence-electron chi connectivity index (χ4n) is 3.59. The highest BCUT2D eigenvalue weighted by Gasteiger charge is 2.48. The van der Waals surface area contributed by atoms with E-state index < -0.39 is 11.4 Å². The number of halogens is 1. The van der Waals surface area contributed by atoms with Crippen molar-refractivity contribution in [2.75, 3.05) is 14.2 Å². The first-order valence-corrected chi connectivity index (χ1v) is 6.68. The van der Waals surface area contributed by atoms with Crippen LogP contribution in [0.1, 0.15) is 31.2 Å². The normalized spacial score (nSPS) is 34.5. The van der Waals surface area contributed by atoms with Crippen molar-refractivity contribution < 1.29 is 14.2 Å². The van der Waals surface area contributed by atoms with E-state index in [0.717, 1.165) is 19.0 Å². The van der Waals surface area contributed by atoms with Crippen LogP contribution in [0.15, 0.2) is 12.3 Å². The maximum Gasteiger partial charge on any atom is 0.219 e. The lowest BCUT2D eigenvalue weighted by molar-refractivity contribution is -0.0511. The number of fused-ring (bicyclic) bond motifs is 2. The molecule has 3 rings (SSSR count). The van der Waals surface area contributed by atoms with Crippen molar-refractivity contribution in [2.45, 2.75) is 43.4 Å². The second-order valence-corrected chi connectivity index (χ2v) is 5.70. The fourth-order valence-corrected chi connectivity index (χ4v) is 3.59. The number of aromatic nitrogens is 1. The predicted octanol–water partition coefficient (Wildman–Crippen LogP) is 1.67. The van der Waals surface area contributed by atoms with Crippen LogP contribution in [0.3, 0.4) is 0 Å². The number of nitrogens with zero attached hydrogens (tertiary/aromatic N) is 2. The predicted molar refractivity (Wildman–Crippen MR) is 68.5 cm³/mol. The average Bonchev–Trinajstić information content (AvgIpc) is 2.63. The number of hydrogen-bond donors (Lipinski definition) is 1. The van der Waals surface area contributed by atoms with Crippen LogP contribution in [0.5, 0.6) is 5.88 Å². The molecule has 0 saturated carbocycles. The zero-order valence-electron chi connectivity index (χ0n) is 11.3. The summed E-state index contributed by atoms with van der Waals surface area (Å²) in [6.45, 7) is 0. The van der Waals surface area contributed by atoms with Crippen LogP contribution >= 0.6 is 0 Å². The molecule has 0 aromatic carbocycles. The molecule has 0 amide bonds. The van der Waals surface area contributed by atoms with Crippen LogP contribution < -0.4 is 4.74 Å². The van der Waals surface area contributed by atoms with E-state index in [1.54, 1.807) is 0 Å². The second-order valence-electron chi connectivity index (χ2n) is 5.70. The minimum atomic E-state index is -1.03. The monoisotopic (exact) mass is 266 g/mol. The third-order valence-electron chi connectivity index (χ3n) is 4.64. The molecule has 5 heteroatoms. The molecular formula is C14H19FN2O2. The third kappa shape index (κ3) is 2.01. The standard InChI is InChI=1S/C14H19FN2O2/c1-17-10-3-4-11(17)7-14(18,6-10)12-5-9(15)8-16-13(12)19-2/h5,8,10-11,18H,3-4,6-7H2,1-2H3. The summed E-state index contributed by atoms with van der Waals surface area (Å²) >= 11 is 0. The number of piperidine rings is 1. The van der Waals surface area contributed by atoms with Crippen molar-refractivity contribution in [3.63, 3.8) is 0 Å². The van der Waals surface area contributed by atoms with Gasteiger partial charge in [-0.05, 0) is 38.8 Å². The van der Waals surface area contributed by atoms with Gasteiger partial charge in [0.1, 0.15) is 5.82 Å². The molecule has 2 aliphatic rings. The Bertz CT molecular complexity index is 480. The van der Waals surface area contributed by atoms with Gasteiger partial charge in [0.05, 0.1) is 18.9 Å². The van der Waals surface area contributed by atoms with E-state index in [4.69, 9.17) is 4.74 Å². The van der Waals surface area contributed by atoms with E-state index in [9.17, 15) is 9.50 Å². The summed E-state index contributed by atoms with van der Waals surface area (Å²) in [4.78, 5) is 6.26. The maximum absolute atomic E-state index is 13.5. The van der Waals surface area contributed by atoms with Gasteiger partial charge in [0.15, 0.2) is 0 Å². The zero-order chi connectivity index (χ0) is 13.6. The van der Waals surface area contributed by atoms with Crippen molar-refractivity contribution in [3.8, 4) is 5.88 Å². The summed E-state index contributed by atoms with van der Waals surface area (Å²) < 4.78 is 18.6. The molecule has 1 N–H and O–H groups in total. The van der Waals surface area contributed by atoms with Gasteiger partial charge in [-0.25, -0.2) is 9.37 Å². The number of rotatable bonds is 2. The van der Waals surface area contributed by atoms with Crippen LogP contribution in [0, 0.1) is 5.82 Å². The molecule has 104 valence electrons. The maximum atomic E-state index is 13.5. The fraction of sp³-hybridized carbons (Fsp3) is 0.643. The molecule has 2 atom stereocenters. The number of pyridine rings is 1. The van der Waals surface area contributed by atoms with E-state index in [1.807, 2.05) is 0 Å². The molecule has 2 fully saturated rings. The lowest BCUT2D eigenvalue weighted by Gasteiger charge is -2.42. The summed E-state index contributed by atoms with van der Waals surface area (Å²) in [7, 11) is 3.60. The first-order chi connectivity index (χ1) is 9.03. The Labute approximate surface area is 112 Å². The van der Waals surface area contributed by atoms with E-state index in [0.29, 0.717) is 36.4 Å². The second kappa shape index (κ2) is 4.42. The van der Waals surface area contributed by atoms with E-state index in [2.05, 4.69) is 16.9 Å². The van der Waals surface area contributed by atoms with Gasteiger partial charge in [-0.1, -0.05) is 0 Å². The lowest BCUT2D eigenvalue weighted by atomic mass is 9.81. The molecule has 1 aromatic rings. The minimum absolute atomic E-state index is 0.327. The summed E-state index contributed by atoms with van der Waals surface area (Å²) in [5.41, 5.74) is -0.543. The Morgan fingerprint density at radius 2 is 2.05 bits per heavy atom. The van der Waals surface area contributed by atoms with Crippen LogP contribution in [-0.4, -0.2) is 41.2 Å². The van der Waals surface area contributed by atoms with Crippen molar-refractivity contribution >= 4 is 0 Å². The topological polar surface area (TPSA) is 45.6 Å².